The molecule has 0 bridgehead atoms. The zero-order valence-corrected chi connectivity index (χ0v) is 30.6. The fourth-order valence-electron chi connectivity index (χ4n) is 6.75. The van der Waals surface area contributed by atoms with E-state index in [1.807, 2.05) is 71.0 Å². The molecule has 0 radical (unpaired) electrons. The van der Waals surface area contributed by atoms with Gasteiger partial charge in [0.15, 0.2) is 6.10 Å². The molecule has 4 aromatic carbocycles. The van der Waals surface area contributed by atoms with Gasteiger partial charge in [0, 0.05) is 0 Å². The minimum atomic E-state index is -2.89. The highest BCUT2D eigenvalue weighted by Crippen LogP contribution is 2.37. The Bertz CT molecular complexity index is 1670. The molecule has 4 aromatic rings. The lowest BCUT2D eigenvalue weighted by Gasteiger charge is -2.46. The van der Waals surface area contributed by atoms with E-state index in [9.17, 15) is 9.59 Å². The zero-order valence-electron chi connectivity index (χ0n) is 29.6. The van der Waals surface area contributed by atoms with Gasteiger partial charge in [-0.2, -0.15) is 0 Å². The van der Waals surface area contributed by atoms with Gasteiger partial charge < -0.3 is 19.2 Å². The number of carbonyl (C=O) groups is 2. The molecule has 0 saturated carbocycles. The van der Waals surface area contributed by atoms with Gasteiger partial charge in [-0.15, -0.1) is 0 Å². The SMILES string of the molecule is CC(C)(C)OC(=O)N1C[C@@H](C(=O)NC(C)(C)c2cccc3ccccc23)OC[C@@H]1CO[Si](c1ccccc1)(c1ccccc1)C(C)(C)C. The summed E-state index contributed by atoms with van der Waals surface area (Å²) < 4.78 is 19.3. The van der Waals surface area contributed by atoms with Crippen LogP contribution in [0.5, 0.6) is 0 Å². The molecule has 0 spiro atoms. The number of nitrogens with zero attached hydrogens (tertiary/aromatic N) is 1. The van der Waals surface area contributed by atoms with Gasteiger partial charge in [0.05, 0.1) is 31.3 Å². The summed E-state index contributed by atoms with van der Waals surface area (Å²) >= 11 is 0. The molecule has 0 unspecified atom stereocenters. The number of benzene rings is 4. The van der Waals surface area contributed by atoms with Crippen molar-refractivity contribution in [2.45, 2.75) is 83.7 Å². The van der Waals surface area contributed by atoms with Crippen LogP contribution in [-0.4, -0.2) is 62.7 Å². The number of fused-ring (bicyclic) bond motifs is 1. The van der Waals surface area contributed by atoms with Gasteiger partial charge in [-0.25, -0.2) is 4.79 Å². The summed E-state index contributed by atoms with van der Waals surface area (Å²) in [7, 11) is -2.89. The van der Waals surface area contributed by atoms with Gasteiger partial charge in [-0.05, 0) is 66.4 Å². The van der Waals surface area contributed by atoms with Gasteiger partial charge >= 0.3 is 6.09 Å². The van der Waals surface area contributed by atoms with E-state index in [1.165, 1.54) is 0 Å². The van der Waals surface area contributed by atoms with Crippen LogP contribution in [-0.2, 0) is 24.2 Å². The van der Waals surface area contributed by atoms with Gasteiger partial charge in [0.1, 0.15) is 5.60 Å². The summed E-state index contributed by atoms with van der Waals surface area (Å²) in [6.07, 6.45) is -1.37. The molecule has 8 heteroatoms. The van der Waals surface area contributed by atoms with Crippen molar-refractivity contribution in [1.82, 2.24) is 10.2 Å². The van der Waals surface area contributed by atoms with E-state index >= 15 is 0 Å². The van der Waals surface area contributed by atoms with E-state index in [1.54, 1.807) is 4.90 Å². The highest BCUT2D eigenvalue weighted by Gasteiger charge is 2.51. The second kappa shape index (κ2) is 13.9. The van der Waals surface area contributed by atoms with Crippen molar-refractivity contribution in [3.63, 3.8) is 0 Å². The Balaban J connectivity index is 1.42. The number of morpholine rings is 1. The van der Waals surface area contributed by atoms with Crippen LogP contribution in [0.25, 0.3) is 10.8 Å². The van der Waals surface area contributed by atoms with Crippen molar-refractivity contribution in [3.05, 3.63) is 109 Å². The van der Waals surface area contributed by atoms with Crippen molar-refractivity contribution in [3.8, 4) is 0 Å². The first-order valence-corrected chi connectivity index (χ1v) is 18.7. The Kier molecular flexibility index (Phi) is 10.2. The third kappa shape index (κ3) is 7.51. The van der Waals surface area contributed by atoms with E-state index < -0.39 is 37.7 Å². The van der Waals surface area contributed by atoms with E-state index in [0.29, 0.717) is 0 Å². The average Bonchev–Trinajstić information content (AvgIpc) is 3.04. The molecule has 0 aromatic heterocycles. The van der Waals surface area contributed by atoms with Crippen LogP contribution in [0.2, 0.25) is 5.04 Å². The lowest BCUT2D eigenvalue weighted by molar-refractivity contribution is -0.144. The molecule has 254 valence electrons. The summed E-state index contributed by atoms with van der Waals surface area (Å²) in [5.74, 6) is -0.284. The molecule has 0 aliphatic carbocycles. The molecule has 2 atom stereocenters. The second-order valence-corrected chi connectivity index (χ2v) is 19.5. The number of ether oxygens (including phenoxy) is 2. The van der Waals surface area contributed by atoms with Gasteiger partial charge in [-0.1, -0.05) is 124 Å². The topological polar surface area (TPSA) is 77.1 Å². The Morgan fingerprint density at radius 3 is 1.94 bits per heavy atom. The predicted molar refractivity (Wildman–Crippen MR) is 195 cm³/mol. The molecule has 2 amide bonds. The fraction of sp³-hybridized carbons (Fsp3) is 0.400. The molecule has 48 heavy (non-hydrogen) atoms. The smallest absolute Gasteiger partial charge is 0.410 e. The molecular weight excluding hydrogens is 617 g/mol. The zero-order chi connectivity index (χ0) is 34.7. The normalized spacial score (nSPS) is 17.6. The van der Waals surface area contributed by atoms with Gasteiger partial charge in [-0.3, -0.25) is 9.69 Å². The Morgan fingerprint density at radius 2 is 1.35 bits per heavy atom. The van der Waals surface area contributed by atoms with Crippen LogP contribution < -0.4 is 15.7 Å². The van der Waals surface area contributed by atoms with Crippen LogP contribution in [0.4, 0.5) is 4.79 Å². The van der Waals surface area contributed by atoms with Crippen molar-refractivity contribution in [2.75, 3.05) is 19.8 Å². The first-order chi connectivity index (χ1) is 22.6. The number of carbonyl (C=O) groups excluding carboxylic acids is 2. The van der Waals surface area contributed by atoms with Crippen LogP contribution in [0, 0.1) is 0 Å². The second-order valence-electron chi connectivity index (χ2n) is 15.2. The third-order valence-corrected chi connectivity index (χ3v) is 14.0. The summed E-state index contributed by atoms with van der Waals surface area (Å²) in [4.78, 5) is 29.3. The van der Waals surface area contributed by atoms with Crippen molar-refractivity contribution in [1.29, 1.82) is 0 Å². The summed E-state index contributed by atoms with van der Waals surface area (Å²) in [5, 5.41) is 7.45. The van der Waals surface area contributed by atoms with E-state index in [2.05, 4.69) is 92.8 Å². The maximum atomic E-state index is 13.9. The van der Waals surface area contributed by atoms with E-state index in [0.717, 1.165) is 26.7 Å². The lowest BCUT2D eigenvalue weighted by atomic mass is 9.89. The molecular formula is C40H50N2O5Si. The molecule has 1 saturated heterocycles. The minimum Gasteiger partial charge on any atom is -0.444 e. The molecule has 1 N–H and O–H groups in total. The maximum absolute atomic E-state index is 13.9. The molecule has 1 fully saturated rings. The summed E-state index contributed by atoms with van der Waals surface area (Å²) in [5.41, 5.74) is -0.404. The van der Waals surface area contributed by atoms with Gasteiger partial charge in [0.25, 0.3) is 14.2 Å². The Morgan fingerprint density at radius 1 is 0.792 bits per heavy atom. The van der Waals surface area contributed by atoms with Crippen molar-refractivity contribution >= 4 is 41.5 Å². The number of amides is 2. The molecule has 5 rings (SSSR count). The molecule has 1 aliphatic rings. The predicted octanol–water partition coefficient (Wildman–Crippen LogP) is 6.77. The third-order valence-electron chi connectivity index (χ3n) is 9.02. The first kappa shape index (κ1) is 35.3. The van der Waals surface area contributed by atoms with Crippen LogP contribution in [0.3, 0.4) is 0 Å². The fourth-order valence-corrected chi connectivity index (χ4v) is 11.3. The standard InChI is InChI=1S/C40H50N2O5Si/c1-38(2,3)47-37(44)42-26-35(36(43)41-40(7,8)34-25-17-19-29-18-15-16-24-33(29)34)45-27-30(42)28-46-48(39(4,5)6,31-20-11-9-12-21-31)32-22-13-10-14-23-32/h9-25,30,35H,26-28H2,1-8H3,(H,41,43)/t30-,35+/m1/s1. The van der Waals surface area contributed by atoms with E-state index in [-0.39, 0.29) is 30.7 Å². The lowest BCUT2D eigenvalue weighted by Crippen LogP contribution is -2.68. The van der Waals surface area contributed by atoms with Crippen LogP contribution in [0.1, 0.15) is 61.0 Å². The average molecular weight is 667 g/mol. The first-order valence-electron chi connectivity index (χ1n) is 16.8. The summed E-state index contributed by atoms with van der Waals surface area (Å²) in [6, 6.07) is 34.6. The maximum Gasteiger partial charge on any atom is 0.410 e. The summed E-state index contributed by atoms with van der Waals surface area (Å²) in [6.45, 7) is 16.6. The molecule has 7 nitrogen and oxygen atoms in total. The highest BCUT2D eigenvalue weighted by molar-refractivity contribution is 6.99. The minimum absolute atomic E-state index is 0.0428. The quantitative estimate of drug-likeness (QED) is 0.210. The molecule has 1 heterocycles. The molecule has 1 aliphatic heterocycles. The Hall–Kier alpha value is -3.98. The van der Waals surface area contributed by atoms with E-state index in [4.69, 9.17) is 13.9 Å². The largest absolute Gasteiger partial charge is 0.444 e. The highest BCUT2D eigenvalue weighted by atomic mass is 28.4. The number of hydrogen-bond donors (Lipinski definition) is 1. The van der Waals surface area contributed by atoms with Crippen molar-refractivity contribution in [2.24, 2.45) is 0 Å². The van der Waals surface area contributed by atoms with Gasteiger partial charge in [0.2, 0.25) is 0 Å². The number of hydrogen-bond acceptors (Lipinski definition) is 5. The van der Waals surface area contributed by atoms with Crippen LogP contribution >= 0.6 is 0 Å². The van der Waals surface area contributed by atoms with Crippen molar-refractivity contribution < 1.29 is 23.5 Å². The Labute approximate surface area is 286 Å². The number of rotatable bonds is 8. The van der Waals surface area contributed by atoms with Crippen LogP contribution in [0.15, 0.2) is 103 Å². The number of nitrogens with one attached hydrogen (secondary N) is 1. The monoisotopic (exact) mass is 666 g/mol.